The van der Waals surface area contributed by atoms with Crippen LogP contribution in [0.25, 0.3) is 98.4 Å². The summed E-state index contributed by atoms with van der Waals surface area (Å²) in [7, 11) is 0. The van der Waals surface area contributed by atoms with Crippen LogP contribution in [0.5, 0.6) is 0 Å². The molecule has 0 radical (unpaired) electrons. The smallest absolute Gasteiger partial charge is 0.143 e. The van der Waals surface area contributed by atoms with Crippen molar-refractivity contribution < 1.29 is 4.42 Å². The highest BCUT2D eigenvalue weighted by Crippen LogP contribution is 2.63. The molecule has 0 aliphatic heterocycles. The lowest BCUT2D eigenvalue weighted by atomic mass is 9.70. The van der Waals surface area contributed by atoms with E-state index >= 15 is 0 Å². The molecule has 0 atom stereocenters. The third-order valence-electron chi connectivity index (χ3n) is 15.0. The molecule has 0 fully saturated rings. The van der Waals surface area contributed by atoms with Gasteiger partial charge in [0.1, 0.15) is 11.2 Å². The lowest BCUT2D eigenvalue weighted by Gasteiger charge is -2.32. The van der Waals surface area contributed by atoms with Gasteiger partial charge in [-0.25, -0.2) is 0 Å². The van der Waals surface area contributed by atoms with Gasteiger partial charge in [0.15, 0.2) is 0 Å². The Balaban J connectivity index is 0.963. The first-order chi connectivity index (χ1) is 33.2. The Morgan fingerprint density at radius 1 is 0.299 bits per heavy atom. The summed E-state index contributed by atoms with van der Waals surface area (Å²) in [5, 5.41) is 12.3. The molecule has 1 heterocycles. The van der Waals surface area contributed by atoms with Crippen LogP contribution in [0.4, 0.5) is 17.1 Å². The van der Waals surface area contributed by atoms with E-state index in [0.717, 1.165) is 44.7 Å². The van der Waals surface area contributed by atoms with Crippen LogP contribution in [0.1, 0.15) is 22.3 Å². The van der Waals surface area contributed by atoms with Crippen LogP contribution in [-0.4, -0.2) is 0 Å². The summed E-state index contributed by atoms with van der Waals surface area (Å²) < 4.78 is 6.72. The van der Waals surface area contributed by atoms with E-state index in [0.29, 0.717) is 0 Å². The van der Waals surface area contributed by atoms with Crippen LogP contribution in [0, 0.1) is 0 Å². The molecule has 0 bridgehead atoms. The Morgan fingerprint density at radius 2 is 0.776 bits per heavy atom. The SMILES string of the molecule is c1ccc2c(c1)-c1ccccc1C21c2ccccc2-c2ccc(N(c3ccc(-c4cccc5c4oc4ccc6ccccc6c45)cc3)c3ccc4c5ccccc5c5ccccc5c4c3)cc21. The molecular weight excluding hydrogens is 811 g/mol. The maximum atomic E-state index is 6.72. The number of hydrogen-bond donors (Lipinski definition) is 0. The summed E-state index contributed by atoms with van der Waals surface area (Å²) in [6, 6.07) is 87.6. The van der Waals surface area contributed by atoms with Gasteiger partial charge in [0.2, 0.25) is 0 Å². The van der Waals surface area contributed by atoms with Gasteiger partial charge < -0.3 is 9.32 Å². The molecule has 15 rings (SSSR count). The van der Waals surface area contributed by atoms with Gasteiger partial charge in [0.25, 0.3) is 0 Å². The largest absolute Gasteiger partial charge is 0.455 e. The maximum absolute atomic E-state index is 6.72. The zero-order valence-electron chi connectivity index (χ0n) is 36.4. The first kappa shape index (κ1) is 36.6. The predicted octanol–water partition coefficient (Wildman–Crippen LogP) is 17.7. The highest BCUT2D eigenvalue weighted by atomic mass is 16.3. The Kier molecular flexibility index (Phi) is 7.46. The number of furan rings is 1. The van der Waals surface area contributed by atoms with Crippen LogP contribution in [0.2, 0.25) is 0 Å². The summed E-state index contributed by atoms with van der Waals surface area (Å²) in [6.45, 7) is 0. The summed E-state index contributed by atoms with van der Waals surface area (Å²) in [4.78, 5) is 2.46. The molecule has 0 amide bonds. The molecule has 0 unspecified atom stereocenters. The molecule has 2 aliphatic rings. The number of fused-ring (bicyclic) bond motifs is 21. The third kappa shape index (κ3) is 4.94. The number of hydrogen-bond acceptors (Lipinski definition) is 2. The van der Waals surface area contributed by atoms with Crippen molar-refractivity contribution >= 4 is 82.1 Å². The van der Waals surface area contributed by atoms with Crippen molar-refractivity contribution in [2.75, 3.05) is 4.90 Å². The lowest BCUT2D eigenvalue weighted by molar-refractivity contribution is 0.670. The normalized spacial score (nSPS) is 13.2. The first-order valence-corrected chi connectivity index (χ1v) is 23.2. The van der Waals surface area contributed by atoms with Crippen LogP contribution in [0.15, 0.2) is 241 Å². The molecule has 310 valence electrons. The molecule has 12 aromatic carbocycles. The third-order valence-corrected chi connectivity index (χ3v) is 15.0. The zero-order valence-corrected chi connectivity index (χ0v) is 36.4. The van der Waals surface area contributed by atoms with Gasteiger partial charge in [-0.05, 0) is 136 Å². The fourth-order valence-electron chi connectivity index (χ4n) is 12.3. The average molecular weight is 850 g/mol. The molecule has 0 saturated heterocycles. The minimum Gasteiger partial charge on any atom is -0.455 e. The van der Waals surface area contributed by atoms with E-state index < -0.39 is 5.41 Å². The van der Waals surface area contributed by atoms with Crippen molar-refractivity contribution in [1.82, 2.24) is 0 Å². The quantitative estimate of drug-likeness (QED) is 0.164. The fraction of sp³-hybridized carbons (Fsp3) is 0.0154. The van der Waals surface area contributed by atoms with Gasteiger partial charge in [-0.3, -0.25) is 0 Å². The van der Waals surface area contributed by atoms with Crippen LogP contribution < -0.4 is 4.90 Å². The van der Waals surface area contributed by atoms with Gasteiger partial charge in [-0.2, -0.15) is 0 Å². The minimum absolute atomic E-state index is 0.459. The van der Waals surface area contributed by atoms with E-state index in [2.05, 4.69) is 241 Å². The molecule has 0 N–H and O–H groups in total. The molecule has 2 aliphatic carbocycles. The van der Waals surface area contributed by atoms with Crippen molar-refractivity contribution in [3.63, 3.8) is 0 Å². The Morgan fingerprint density at radius 3 is 1.43 bits per heavy atom. The molecule has 67 heavy (non-hydrogen) atoms. The van der Waals surface area contributed by atoms with Gasteiger partial charge in [0, 0.05) is 33.4 Å². The lowest BCUT2D eigenvalue weighted by Crippen LogP contribution is -2.26. The van der Waals surface area contributed by atoms with Crippen molar-refractivity contribution in [2.45, 2.75) is 5.41 Å². The highest BCUT2D eigenvalue weighted by molar-refractivity contribution is 6.26. The standard InChI is InChI=1S/C65H39NO/c1-2-15-45-40(14-1)30-37-62-63(45)56-24-13-23-46(64(56)67-62)41-28-31-42(32-29-41)66(43-33-35-51-49-18-4-3-16-47(49)48-17-5-6-19-50(48)57(51)38-43)44-34-36-55-54-22-9-12-27-60(54)65(61(55)39-44)58-25-10-7-20-52(58)53-21-8-11-26-59(53)65/h1-39H. The van der Waals surface area contributed by atoms with Gasteiger partial charge in [0.05, 0.1) is 5.41 Å². The van der Waals surface area contributed by atoms with E-state index in [9.17, 15) is 0 Å². The topological polar surface area (TPSA) is 16.4 Å². The maximum Gasteiger partial charge on any atom is 0.143 e. The average Bonchev–Trinajstić information content (AvgIpc) is 4.04. The summed E-state index contributed by atoms with van der Waals surface area (Å²) in [6.07, 6.45) is 0. The van der Waals surface area contributed by atoms with Crippen LogP contribution in [0.3, 0.4) is 0 Å². The number of benzene rings is 12. The number of anilines is 3. The van der Waals surface area contributed by atoms with Crippen LogP contribution in [-0.2, 0) is 5.41 Å². The molecule has 1 aromatic heterocycles. The van der Waals surface area contributed by atoms with Gasteiger partial charge in [-0.1, -0.05) is 194 Å². The number of rotatable bonds is 4. The second-order valence-corrected chi connectivity index (χ2v) is 18.3. The number of para-hydroxylation sites is 1. The molecule has 13 aromatic rings. The predicted molar refractivity (Wildman–Crippen MR) is 280 cm³/mol. The Bertz CT molecular complexity index is 4130. The minimum atomic E-state index is -0.459. The molecule has 1 spiro atoms. The summed E-state index contributed by atoms with van der Waals surface area (Å²) in [5.41, 5.74) is 17.3. The molecule has 2 heteroatoms. The fourth-order valence-corrected chi connectivity index (χ4v) is 12.3. The highest BCUT2D eigenvalue weighted by Gasteiger charge is 2.51. The Hall–Kier alpha value is -8.72. The Labute approximate surface area is 387 Å². The van der Waals surface area contributed by atoms with Crippen molar-refractivity contribution in [2.24, 2.45) is 0 Å². The van der Waals surface area contributed by atoms with Crippen molar-refractivity contribution in [1.29, 1.82) is 0 Å². The van der Waals surface area contributed by atoms with Gasteiger partial charge >= 0.3 is 0 Å². The van der Waals surface area contributed by atoms with E-state index in [1.54, 1.807) is 0 Å². The number of nitrogens with zero attached hydrogens (tertiary/aromatic N) is 1. The monoisotopic (exact) mass is 849 g/mol. The summed E-state index contributed by atoms with van der Waals surface area (Å²) in [5.74, 6) is 0. The molecule has 0 saturated carbocycles. The van der Waals surface area contributed by atoms with Crippen LogP contribution >= 0.6 is 0 Å². The van der Waals surface area contributed by atoms with Gasteiger partial charge in [-0.15, -0.1) is 0 Å². The van der Waals surface area contributed by atoms with E-state index in [1.165, 1.54) is 93.0 Å². The van der Waals surface area contributed by atoms with Crippen molar-refractivity contribution in [3.05, 3.63) is 259 Å². The zero-order chi connectivity index (χ0) is 43.8. The first-order valence-electron chi connectivity index (χ1n) is 23.2. The van der Waals surface area contributed by atoms with E-state index in [1.807, 2.05) is 0 Å². The molecular formula is C65H39NO. The molecule has 2 nitrogen and oxygen atoms in total. The van der Waals surface area contributed by atoms with Crippen molar-refractivity contribution in [3.8, 4) is 33.4 Å². The second-order valence-electron chi connectivity index (χ2n) is 18.3. The van der Waals surface area contributed by atoms with E-state index in [4.69, 9.17) is 4.42 Å². The second kappa shape index (κ2) is 13.7. The summed E-state index contributed by atoms with van der Waals surface area (Å²) >= 11 is 0. The van der Waals surface area contributed by atoms with E-state index in [-0.39, 0.29) is 0 Å².